The Bertz CT molecular complexity index is 601. The standard InChI is InChI=1S/C10H4ClF2NO2/c11-7-3-5(10(15)16)4-1-2-6(12)8(13)9(4)14-7/h1-3H,(H,15,16). The molecule has 0 saturated heterocycles. The molecular formula is C10H4ClF2NO2. The van der Waals surface area contributed by atoms with Crippen LogP contribution in [-0.2, 0) is 0 Å². The number of hydrogen-bond acceptors (Lipinski definition) is 2. The van der Waals surface area contributed by atoms with Crippen LogP contribution in [0.5, 0.6) is 0 Å². The van der Waals surface area contributed by atoms with Crippen molar-refractivity contribution in [2.75, 3.05) is 0 Å². The highest BCUT2D eigenvalue weighted by atomic mass is 35.5. The summed E-state index contributed by atoms with van der Waals surface area (Å²) in [5.74, 6) is -3.58. The molecule has 0 fully saturated rings. The quantitative estimate of drug-likeness (QED) is 0.784. The molecule has 1 aromatic carbocycles. The van der Waals surface area contributed by atoms with Crippen LogP contribution in [0.15, 0.2) is 18.2 Å². The number of benzene rings is 1. The van der Waals surface area contributed by atoms with Crippen molar-refractivity contribution in [2.45, 2.75) is 0 Å². The maximum absolute atomic E-state index is 13.3. The molecule has 0 aliphatic heterocycles. The van der Waals surface area contributed by atoms with Crippen LogP contribution in [-0.4, -0.2) is 16.1 Å². The zero-order valence-corrected chi connectivity index (χ0v) is 8.42. The molecule has 0 radical (unpaired) electrons. The summed E-state index contributed by atoms with van der Waals surface area (Å²) in [6.45, 7) is 0. The number of aromatic carboxylic acids is 1. The molecular weight excluding hydrogens is 240 g/mol. The lowest BCUT2D eigenvalue weighted by molar-refractivity contribution is 0.0699. The fourth-order valence-electron chi connectivity index (χ4n) is 1.38. The second-order valence-electron chi connectivity index (χ2n) is 3.06. The largest absolute Gasteiger partial charge is 0.478 e. The Balaban J connectivity index is 2.94. The number of aromatic nitrogens is 1. The van der Waals surface area contributed by atoms with Gasteiger partial charge in [-0.1, -0.05) is 11.6 Å². The van der Waals surface area contributed by atoms with Crippen LogP contribution in [0.2, 0.25) is 5.15 Å². The Morgan fingerprint density at radius 2 is 2.06 bits per heavy atom. The fraction of sp³-hybridized carbons (Fsp3) is 0. The minimum Gasteiger partial charge on any atom is -0.478 e. The predicted molar refractivity (Wildman–Crippen MR) is 53.6 cm³/mol. The summed E-state index contributed by atoms with van der Waals surface area (Å²) in [7, 11) is 0. The molecule has 0 amide bonds. The van der Waals surface area contributed by atoms with E-state index in [9.17, 15) is 13.6 Å². The van der Waals surface area contributed by atoms with E-state index in [2.05, 4.69) is 4.98 Å². The summed E-state index contributed by atoms with van der Waals surface area (Å²) in [5, 5.41) is 8.68. The normalized spacial score (nSPS) is 10.7. The van der Waals surface area contributed by atoms with Gasteiger partial charge >= 0.3 is 5.97 Å². The monoisotopic (exact) mass is 243 g/mol. The van der Waals surface area contributed by atoms with E-state index >= 15 is 0 Å². The number of fused-ring (bicyclic) bond motifs is 1. The van der Waals surface area contributed by atoms with Gasteiger partial charge in [0.05, 0.1) is 5.56 Å². The molecule has 6 heteroatoms. The van der Waals surface area contributed by atoms with Crippen molar-refractivity contribution >= 4 is 28.5 Å². The number of carboxylic acids is 1. The fourth-order valence-corrected chi connectivity index (χ4v) is 1.57. The summed E-state index contributed by atoms with van der Waals surface area (Å²) in [6.07, 6.45) is 0. The topological polar surface area (TPSA) is 50.2 Å². The highest BCUT2D eigenvalue weighted by molar-refractivity contribution is 6.30. The summed E-state index contributed by atoms with van der Waals surface area (Å²) < 4.78 is 26.2. The lowest BCUT2D eigenvalue weighted by Crippen LogP contribution is -2.01. The molecule has 1 aromatic heterocycles. The van der Waals surface area contributed by atoms with Crippen molar-refractivity contribution in [3.63, 3.8) is 0 Å². The van der Waals surface area contributed by atoms with Gasteiger partial charge in [0.15, 0.2) is 11.6 Å². The molecule has 82 valence electrons. The molecule has 0 spiro atoms. The third-order valence-electron chi connectivity index (χ3n) is 2.07. The molecule has 2 aromatic rings. The van der Waals surface area contributed by atoms with Crippen LogP contribution < -0.4 is 0 Å². The van der Waals surface area contributed by atoms with Crippen molar-refractivity contribution in [3.05, 3.63) is 40.6 Å². The van der Waals surface area contributed by atoms with Gasteiger partial charge in [-0.3, -0.25) is 0 Å². The van der Waals surface area contributed by atoms with Crippen molar-refractivity contribution in [3.8, 4) is 0 Å². The van der Waals surface area contributed by atoms with Gasteiger partial charge in [0.2, 0.25) is 0 Å². The Morgan fingerprint density at radius 3 is 2.69 bits per heavy atom. The number of carboxylic acid groups (broad SMARTS) is 1. The summed E-state index contributed by atoms with van der Waals surface area (Å²) in [5.41, 5.74) is -0.598. The van der Waals surface area contributed by atoms with Crippen LogP contribution in [0.4, 0.5) is 8.78 Å². The molecule has 3 nitrogen and oxygen atoms in total. The minimum atomic E-state index is -1.28. The van der Waals surface area contributed by atoms with E-state index < -0.39 is 17.6 Å². The minimum absolute atomic E-state index is 0.0100. The highest BCUT2D eigenvalue weighted by Gasteiger charge is 2.16. The molecule has 16 heavy (non-hydrogen) atoms. The Morgan fingerprint density at radius 1 is 1.38 bits per heavy atom. The van der Waals surface area contributed by atoms with Gasteiger partial charge in [0.25, 0.3) is 0 Å². The maximum atomic E-state index is 13.3. The van der Waals surface area contributed by atoms with Crippen LogP contribution in [0, 0.1) is 11.6 Å². The lowest BCUT2D eigenvalue weighted by atomic mass is 10.1. The Labute approximate surface area is 93.3 Å². The Hall–Kier alpha value is -1.75. The molecule has 0 saturated carbocycles. The van der Waals surface area contributed by atoms with Gasteiger partial charge in [-0.2, -0.15) is 0 Å². The van der Waals surface area contributed by atoms with Crippen molar-refractivity contribution in [1.82, 2.24) is 4.98 Å². The first-order valence-electron chi connectivity index (χ1n) is 4.18. The first-order valence-corrected chi connectivity index (χ1v) is 4.56. The number of rotatable bonds is 1. The first-order chi connectivity index (χ1) is 7.50. The molecule has 2 rings (SSSR count). The average Bonchev–Trinajstić information content (AvgIpc) is 2.23. The van der Waals surface area contributed by atoms with Crippen molar-refractivity contribution in [2.24, 2.45) is 0 Å². The number of pyridine rings is 1. The molecule has 0 aliphatic rings. The number of nitrogens with zero attached hydrogens (tertiary/aromatic N) is 1. The van der Waals surface area contributed by atoms with E-state index in [4.69, 9.17) is 16.7 Å². The molecule has 0 unspecified atom stereocenters. The van der Waals surface area contributed by atoms with Crippen LogP contribution in [0.25, 0.3) is 10.9 Å². The van der Waals surface area contributed by atoms with Crippen LogP contribution in [0.1, 0.15) is 10.4 Å². The maximum Gasteiger partial charge on any atom is 0.336 e. The van der Waals surface area contributed by atoms with Gasteiger partial charge in [-0.25, -0.2) is 18.6 Å². The molecule has 0 aliphatic carbocycles. The third-order valence-corrected chi connectivity index (χ3v) is 2.27. The van der Waals surface area contributed by atoms with E-state index in [0.717, 1.165) is 18.2 Å². The van der Waals surface area contributed by atoms with Gasteiger partial charge in [-0.15, -0.1) is 0 Å². The zero-order chi connectivity index (χ0) is 11.9. The highest BCUT2D eigenvalue weighted by Crippen LogP contribution is 2.24. The molecule has 0 bridgehead atoms. The first kappa shape index (κ1) is 10.8. The smallest absolute Gasteiger partial charge is 0.336 e. The molecule has 1 heterocycles. The van der Waals surface area contributed by atoms with Crippen molar-refractivity contribution in [1.29, 1.82) is 0 Å². The second-order valence-corrected chi connectivity index (χ2v) is 3.44. The van der Waals surface area contributed by atoms with Crippen molar-refractivity contribution < 1.29 is 18.7 Å². The zero-order valence-electron chi connectivity index (χ0n) is 7.67. The second kappa shape index (κ2) is 3.68. The van der Waals surface area contributed by atoms with E-state index in [1.54, 1.807) is 0 Å². The lowest BCUT2D eigenvalue weighted by Gasteiger charge is -2.04. The van der Waals surface area contributed by atoms with E-state index in [1.807, 2.05) is 0 Å². The van der Waals surface area contributed by atoms with Crippen LogP contribution >= 0.6 is 11.6 Å². The third kappa shape index (κ3) is 1.59. The summed E-state index contributed by atoms with van der Waals surface area (Å²) >= 11 is 5.53. The SMILES string of the molecule is O=C(O)c1cc(Cl)nc2c(F)c(F)ccc12. The molecule has 1 N–H and O–H groups in total. The van der Waals surface area contributed by atoms with Gasteiger partial charge in [0, 0.05) is 5.39 Å². The summed E-state index contributed by atoms with van der Waals surface area (Å²) in [6, 6.07) is 3.09. The average molecular weight is 244 g/mol. The Kier molecular flexibility index (Phi) is 2.47. The van der Waals surface area contributed by atoms with Crippen LogP contribution in [0.3, 0.4) is 0 Å². The number of carbonyl (C=O) groups is 1. The molecule has 0 atom stereocenters. The van der Waals surface area contributed by atoms with Gasteiger partial charge in [0.1, 0.15) is 10.7 Å². The number of hydrogen-bond donors (Lipinski definition) is 1. The predicted octanol–water partition coefficient (Wildman–Crippen LogP) is 2.86. The van der Waals surface area contributed by atoms with Gasteiger partial charge < -0.3 is 5.11 Å². The van der Waals surface area contributed by atoms with E-state index in [0.29, 0.717) is 0 Å². The van der Waals surface area contributed by atoms with E-state index in [-0.39, 0.29) is 21.6 Å². The summed E-state index contributed by atoms with van der Waals surface area (Å²) in [4.78, 5) is 14.4. The number of halogens is 3. The van der Waals surface area contributed by atoms with Gasteiger partial charge in [-0.05, 0) is 18.2 Å². The van der Waals surface area contributed by atoms with E-state index in [1.165, 1.54) is 0 Å².